The summed E-state index contributed by atoms with van der Waals surface area (Å²) in [6, 6.07) is 7.64. The number of benzene rings is 1. The Kier molecular flexibility index (Phi) is 2.09. The first kappa shape index (κ1) is 9.86. The molecule has 2 aliphatic heterocycles. The highest BCUT2D eigenvalue weighted by Crippen LogP contribution is 2.31. The van der Waals surface area contributed by atoms with Crippen LogP contribution in [0.15, 0.2) is 36.4 Å². The smallest absolute Gasteiger partial charge is 0.231 e. The van der Waals surface area contributed by atoms with Gasteiger partial charge in [-0.1, -0.05) is 18.2 Å². The maximum Gasteiger partial charge on any atom is 0.231 e. The Bertz CT molecular complexity index is 605. The minimum atomic E-state index is 0.100. The summed E-state index contributed by atoms with van der Waals surface area (Å²) in [5.41, 5.74) is 3.57. The van der Waals surface area contributed by atoms with Crippen LogP contribution in [0.4, 0.5) is 0 Å². The van der Waals surface area contributed by atoms with Crippen molar-refractivity contribution in [3.63, 3.8) is 0 Å². The summed E-state index contributed by atoms with van der Waals surface area (Å²) in [6.07, 6.45) is 6.27. The molecule has 0 N–H and O–H groups in total. The van der Waals surface area contributed by atoms with Crippen LogP contribution < -0.4 is 0 Å². The zero-order chi connectivity index (χ0) is 11.8. The standard InChI is InChI=1S/C14H10N2O/c15-9-10-4-5-12-11(7-10)8-14(17)16-6-2-1-3-13(12)16/h1-5,7H,6,8H2. The van der Waals surface area contributed by atoms with Gasteiger partial charge in [0.15, 0.2) is 0 Å². The van der Waals surface area contributed by atoms with E-state index in [0.717, 1.165) is 16.8 Å². The molecule has 0 atom stereocenters. The van der Waals surface area contributed by atoms with Crippen LogP contribution in [0.5, 0.6) is 0 Å². The third-order valence-electron chi connectivity index (χ3n) is 3.12. The number of nitriles is 1. The molecule has 17 heavy (non-hydrogen) atoms. The molecule has 1 aromatic rings. The average molecular weight is 222 g/mol. The summed E-state index contributed by atoms with van der Waals surface area (Å²) in [7, 11) is 0. The van der Waals surface area contributed by atoms with Crippen LogP contribution in [0, 0.1) is 11.3 Å². The lowest BCUT2D eigenvalue weighted by molar-refractivity contribution is -0.127. The normalized spacial score (nSPS) is 17.0. The van der Waals surface area contributed by atoms with E-state index in [-0.39, 0.29) is 5.91 Å². The molecule has 0 unspecified atom stereocenters. The van der Waals surface area contributed by atoms with Gasteiger partial charge < -0.3 is 4.90 Å². The van der Waals surface area contributed by atoms with Crippen LogP contribution in [0.2, 0.25) is 0 Å². The summed E-state index contributed by atoms with van der Waals surface area (Å²) >= 11 is 0. The molecule has 0 saturated carbocycles. The molecule has 0 fully saturated rings. The first-order valence-electron chi connectivity index (χ1n) is 5.50. The van der Waals surface area contributed by atoms with E-state index in [2.05, 4.69) is 6.07 Å². The van der Waals surface area contributed by atoms with E-state index >= 15 is 0 Å². The van der Waals surface area contributed by atoms with Gasteiger partial charge in [-0.05, 0) is 23.8 Å². The van der Waals surface area contributed by atoms with Crippen LogP contribution >= 0.6 is 0 Å². The summed E-state index contributed by atoms with van der Waals surface area (Å²) < 4.78 is 0. The molecule has 1 amide bonds. The molecule has 3 rings (SSSR count). The summed E-state index contributed by atoms with van der Waals surface area (Å²) in [4.78, 5) is 13.7. The summed E-state index contributed by atoms with van der Waals surface area (Å²) in [6.45, 7) is 0.643. The van der Waals surface area contributed by atoms with Crippen molar-refractivity contribution < 1.29 is 4.79 Å². The van der Waals surface area contributed by atoms with E-state index < -0.39 is 0 Å². The van der Waals surface area contributed by atoms with Crippen molar-refractivity contribution in [2.75, 3.05) is 6.54 Å². The lowest BCUT2D eigenvalue weighted by Gasteiger charge is -2.32. The molecule has 0 aromatic heterocycles. The molecule has 0 aliphatic carbocycles. The van der Waals surface area contributed by atoms with Crippen LogP contribution in [-0.4, -0.2) is 17.4 Å². The van der Waals surface area contributed by atoms with Crippen molar-refractivity contribution in [1.82, 2.24) is 4.90 Å². The van der Waals surface area contributed by atoms with Crippen LogP contribution in [-0.2, 0) is 11.2 Å². The monoisotopic (exact) mass is 222 g/mol. The van der Waals surface area contributed by atoms with Gasteiger partial charge in [-0.2, -0.15) is 5.26 Å². The van der Waals surface area contributed by atoms with E-state index in [1.165, 1.54) is 0 Å². The molecular formula is C14H10N2O. The van der Waals surface area contributed by atoms with Gasteiger partial charge in [-0.15, -0.1) is 0 Å². The Labute approximate surface area is 99.3 Å². The maximum absolute atomic E-state index is 12.0. The fraction of sp³-hybridized carbons (Fsp3) is 0.143. The number of carbonyl (C=O) groups is 1. The largest absolute Gasteiger partial charge is 0.308 e. The minimum absolute atomic E-state index is 0.100. The average Bonchev–Trinajstić information content (AvgIpc) is 2.38. The molecule has 3 nitrogen and oxygen atoms in total. The van der Waals surface area contributed by atoms with Crippen LogP contribution in [0.25, 0.3) is 5.70 Å². The van der Waals surface area contributed by atoms with Crippen LogP contribution in [0.3, 0.4) is 0 Å². The summed E-state index contributed by atoms with van der Waals surface area (Å²) in [5.74, 6) is 0.100. The highest BCUT2D eigenvalue weighted by atomic mass is 16.2. The van der Waals surface area contributed by atoms with Crippen molar-refractivity contribution in [2.24, 2.45) is 0 Å². The SMILES string of the molecule is N#Cc1ccc2c(c1)CC(=O)N1CC=CC=C21. The molecule has 1 aromatic carbocycles. The Balaban J connectivity index is 2.18. The fourth-order valence-corrected chi connectivity index (χ4v) is 2.30. The van der Waals surface area contributed by atoms with Crippen molar-refractivity contribution >= 4 is 11.6 Å². The molecule has 0 bridgehead atoms. The molecule has 2 heterocycles. The van der Waals surface area contributed by atoms with Crippen molar-refractivity contribution in [2.45, 2.75) is 6.42 Å². The van der Waals surface area contributed by atoms with Gasteiger partial charge in [0.05, 0.1) is 23.8 Å². The van der Waals surface area contributed by atoms with Gasteiger partial charge in [0.2, 0.25) is 5.91 Å². The number of hydrogen-bond donors (Lipinski definition) is 0. The quantitative estimate of drug-likeness (QED) is 0.672. The Morgan fingerprint density at radius 2 is 2.24 bits per heavy atom. The van der Waals surface area contributed by atoms with E-state index in [9.17, 15) is 4.79 Å². The second kappa shape index (κ2) is 3.60. The van der Waals surface area contributed by atoms with Gasteiger partial charge in [0, 0.05) is 12.1 Å². The first-order chi connectivity index (χ1) is 8.29. The Morgan fingerprint density at radius 3 is 3.06 bits per heavy atom. The number of fused-ring (bicyclic) bond motifs is 3. The predicted octanol–water partition coefficient (Wildman–Crippen LogP) is 1.85. The molecule has 3 heteroatoms. The molecule has 0 spiro atoms. The zero-order valence-electron chi connectivity index (χ0n) is 9.18. The van der Waals surface area contributed by atoms with Gasteiger partial charge in [-0.25, -0.2) is 0 Å². The van der Waals surface area contributed by atoms with Gasteiger partial charge in [0.25, 0.3) is 0 Å². The highest BCUT2D eigenvalue weighted by Gasteiger charge is 2.27. The van der Waals surface area contributed by atoms with E-state index in [0.29, 0.717) is 18.5 Å². The number of carbonyl (C=O) groups excluding carboxylic acids is 1. The lowest BCUT2D eigenvalue weighted by atomic mass is 9.93. The second-order valence-electron chi connectivity index (χ2n) is 4.14. The Hall–Kier alpha value is -2.34. The second-order valence-corrected chi connectivity index (χ2v) is 4.14. The summed E-state index contributed by atoms with van der Waals surface area (Å²) in [5, 5.41) is 8.87. The van der Waals surface area contributed by atoms with Gasteiger partial charge in [-0.3, -0.25) is 4.79 Å². The number of allylic oxidation sites excluding steroid dienone is 2. The van der Waals surface area contributed by atoms with Crippen LogP contribution in [0.1, 0.15) is 16.7 Å². The van der Waals surface area contributed by atoms with Crippen molar-refractivity contribution in [3.05, 3.63) is 53.1 Å². The van der Waals surface area contributed by atoms with Gasteiger partial charge >= 0.3 is 0 Å². The lowest BCUT2D eigenvalue weighted by Crippen LogP contribution is -2.36. The third-order valence-corrected chi connectivity index (χ3v) is 3.12. The fourth-order valence-electron chi connectivity index (χ4n) is 2.30. The highest BCUT2D eigenvalue weighted by molar-refractivity contribution is 5.94. The first-order valence-corrected chi connectivity index (χ1v) is 5.50. The molecular weight excluding hydrogens is 212 g/mol. The van der Waals surface area contributed by atoms with Crippen molar-refractivity contribution in [1.29, 1.82) is 5.26 Å². The van der Waals surface area contributed by atoms with E-state index in [1.54, 1.807) is 11.0 Å². The molecule has 82 valence electrons. The predicted molar refractivity (Wildman–Crippen MR) is 63.7 cm³/mol. The maximum atomic E-state index is 12.0. The molecule has 0 radical (unpaired) electrons. The number of hydrogen-bond acceptors (Lipinski definition) is 2. The zero-order valence-corrected chi connectivity index (χ0v) is 9.18. The van der Waals surface area contributed by atoms with Crippen molar-refractivity contribution in [3.8, 4) is 6.07 Å². The molecule has 2 aliphatic rings. The van der Waals surface area contributed by atoms with E-state index in [4.69, 9.17) is 5.26 Å². The minimum Gasteiger partial charge on any atom is -0.308 e. The number of nitrogens with zero attached hydrogens (tertiary/aromatic N) is 2. The number of rotatable bonds is 0. The number of amides is 1. The van der Waals surface area contributed by atoms with E-state index in [1.807, 2.05) is 30.4 Å². The Morgan fingerprint density at radius 1 is 1.35 bits per heavy atom. The van der Waals surface area contributed by atoms with Gasteiger partial charge in [0.1, 0.15) is 0 Å². The topological polar surface area (TPSA) is 44.1 Å². The molecule has 0 saturated heterocycles. The third kappa shape index (κ3) is 1.46.